The first-order valence-corrected chi connectivity index (χ1v) is 17.9. The van der Waals surface area contributed by atoms with Crippen LogP contribution in [0.2, 0.25) is 36.3 Å². The standard InChI is InChI=1S/C26H50O2Si2/c1-9-30(10-2,11-3)28-25(21-16-15-20-24-18-13-12-14-19-24)22-17-23-27-29(7,8)26(4,5)6/h12-14,18-19,25H,9-11,15-17,20-23H2,1-8H3. The highest BCUT2D eigenvalue weighted by Crippen LogP contribution is 2.36. The van der Waals surface area contributed by atoms with E-state index < -0.39 is 16.6 Å². The smallest absolute Gasteiger partial charge is 0.192 e. The second-order valence-corrected chi connectivity index (χ2v) is 20.0. The molecular weight excluding hydrogens is 400 g/mol. The third-order valence-corrected chi connectivity index (χ3v) is 16.6. The second kappa shape index (κ2) is 13.2. The van der Waals surface area contributed by atoms with Crippen LogP contribution >= 0.6 is 0 Å². The van der Waals surface area contributed by atoms with Crippen molar-refractivity contribution in [3.05, 3.63) is 35.9 Å². The molecule has 0 fully saturated rings. The minimum Gasteiger partial charge on any atom is -0.417 e. The number of unbranched alkanes of at least 4 members (excludes halogenated alkanes) is 1. The molecule has 1 aromatic rings. The van der Waals surface area contributed by atoms with Crippen molar-refractivity contribution in [1.29, 1.82) is 0 Å². The second-order valence-electron chi connectivity index (χ2n) is 10.5. The predicted molar refractivity (Wildman–Crippen MR) is 138 cm³/mol. The summed E-state index contributed by atoms with van der Waals surface area (Å²) in [6.45, 7) is 19.6. The van der Waals surface area contributed by atoms with Crippen LogP contribution in [0.15, 0.2) is 30.3 Å². The third kappa shape index (κ3) is 9.38. The lowest BCUT2D eigenvalue weighted by molar-refractivity contribution is 0.150. The Morgan fingerprint density at radius 1 is 0.833 bits per heavy atom. The molecule has 0 aliphatic rings. The van der Waals surface area contributed by atoms with E-state index in [1.165, 1.54) is 49.4 Å². The number of rotatable bonds is 15. The topological polar surface area (TPSA) is 18.5 Å². The van der Waals surface area contributed by atoms with Crippen molar-refractivity contribution in [2.75, 3.05) is 6.61 Å². The van der Waals surface area contributed by atoms with Gasteiger partial charge in [0, 0.05) is 12.7 Å². The molecule has 0 bridgehead atoms. The molecule has 0 radical (unpaired) electrons. The lowest BCUT2D eigenvalue weighted by Gasteiger charge is -2.37. The summed E-state index contributed by atoms with van der Waals surface area (Å²) in [6, 6.07) is 14.6. The molecule has 0 aliphatic carbocycles. The van der Waals surface area contributed by atoms with Crippen molar-refractivity contribution in [2.45, 2.75) is 122 Å². The fourth-order valence-electron chi connectivity index (χ4n) is 3.82. The van der Waals surface area contributed by atoms with Gasteiger partial charge in [0.2, 0.25) is 0 Å². The molecule has 0 spiro atoms. The average molecular weight is 451 g/mol. The molecule has 0 amide bonds. The maximum absolute atomic E-state index is 6.93. The van der Waals surface area contributed by atoms with Crippen LogP contribution in [0.25, 0.3) is 0 Å². The summed E-state index contributed by atoms with van der Waals surface area (Å²) >= 11 is 0. The van der Waals surface area contributed by atoms with Gasteiger partial charge < -0.3 is 8.85 Å². The molecule has 2 nitrogen and oxygen atoms in total. The van der Waals surface area contributed by atoms with Gasteiger partial charge in [0.15, 0.2) is 16.6 Å². The molecule has 30 heavy (non-hydrogen) atoms. The van der Waals surface area contributed by atoms with E-state index in [4.69, 9.17) is 8.85 Å². The van der Waals surface area contributed by atoms with Gasteiger partial charge in [-0.3, -0.25) is 0 Å². The van der Waals surface area contributed by atoms with Gasteiger partial charge in [-0.05, 0) is 73.9 Å². The van der Waals surface area contributed by atoms with E-state index in [0.29, 0.717) is 6.10 Å². The van der Waals surface area contributed by atoms with Gasteiger partial charge >= 0.3 is 0 Å². The Morgan fingerprint density at radius 3 is 1.93 bits per heavy atom. The Kier molecular flexibility index (Phi) is 12.1. The first-order chi connectivity index (χ1) is 14.1. The van der Waals surface area contributed by atoms with Crippen molar-refractivity contribution in [3.8, 4) is 0 Å². The van der Waals surface area contributed by atoms with E-state index in [9.17, 15) is 0 Å². The number of hydrogen-bond acceptors (Lipinski definition) is 2. The maximum atomic E-state index is 6.93. The molecule has 0 saturated heterocycles. The number of hydrogen-bond donors (Lipinski definition) is 0. The SMILES string of the molecule is CC[Si](CC)(CC)OC(CCCCc1ccccc1)CCCO[Si](C)(C)C(C)(C)C. The van der Waals surface area contributed by atoms with Crippen LogP contribution in [-0.4, -0.2) is 29.3 Å². The van der Waals surface area contributed by atoms with Crippen LogP contribution in [-0.2, 0) is 15.3 Å². The molecular formula is C26H50O2Si2. The minimum atomic E-state index is -1.65. The summed E-state index contributed by atoms with van der Waals surface area (Å²) in [5.74, 6) is 0. The summed E-state index contributed by atoms with van der Waals surface area (Å²) < 4.78 is 13.4. The van der Waals surface area contributed by atoms with Crippen LogP contribution in [0.1, 0.15) is 79.2 Å². The monoisotopic (exact) mass is 450 g/mol. The van der Waals surface area contributed by atoms with Gasteiger partial charge in [0.25, 0.3) is 0 Å². The molecule has 1 aromatic carbocycles. The van der Waals surface area contributed by atoms with Crippen molar-refractivity contribution >= 4 is 16.6 Å². The van der Waals surface area contributed by atoms with Gasteiger partial charge in [-0.2, -0.15) is 0 Å². The van der Waals surface area contributed by atoms with E-state index in [1.54, 1.807) is 0 Å². The zero-order valence-corrected chi connectivity index (χ0v) is 23.4. The van der Waals surface area contributed by atoms with Crippen molar-refractivity contribution in [3.63, 3.8) is 0 Å². The van der Waals surface area contributed by atoms with E-state index in [1.807, 2.05) is 0 Å². The summed E-state index contributed by atoms with van der Waals surface area (Å²) in [7, 11) is -3.21. The average Bonchev–Trinajstić information content (AvgIpc) is 2.72. The molecule has 0 aliphatic heterocycles. The number of aryl methyl sites for hydroxylation is 1. The lowest BCUT2D eigenvalue weighted by Crippen LogP contribution is -2.41. The predicted octanol–water partition coefficient (Wildman–Crippen LogP) is 8.59. The Morgan fingerprint density at radius 2 is 1.40 bits per heavy atom. The third-order valence-electron chi connectivity index (χ3n) is 7.37. The fourth-order valence-corrected chi connectivity index (χ4v) is 7.85. The highest BCUT2D eigenvalue weighted by atomic mass is 28.4. The fraction of sp³-hybridized carbons (Fsp3) is 0.769. The highest BCUT2D eigenvalue weighted by Gasteiger charge is 2.37. The Bertz CT molecular complexity index is 554. The molecule has 0 aromatic heterocycles. The summed E-state index contributed by atoms with van der Waals surface area (Å²) in [5.41, 5.74) is 1.46. The largest absolute Gasteiger partial charge is 0.417 e. The Hall–Kier alpha value is -0.426. The quantitative estimate of drug-likeness (QED) is 0.197. The summed E-state index contributed by atoms with van der Waals surface area (Å²) in [6.07, 6.45) is 7.57. The Labute approximate surface area is 190 Å². The van der Waals surface area contributed by atoms with Crippen LogP contribution in [0.5, 0.6) is 0 Å². The van der Waals surface area contributed by atoms with Gasteiger partial charge in [0.05, 0.1) is 0 Å². The van der Waals surface area contributed by atoms with Gasteiger partial charge in [0.1, 0.15) is 0 Å². The van der Waals surface area contributed by atoms with E-state index in [2.05, 4.69) is 85.0 Å². The highest BCUT2D eigenvalue weighted by molar-refractivity contribution is 6.74. The lowest BCUT2D eigenvalue weighted by atomic mass is 10.0. The zero-order valence-electron chi connectivity index (χ0n) is 21.4. The van der Waals surface area contributed by atoms with E-state index >= 15 is 0 Å². The number of benzene rings is 1. The molecule has 0 saturated carbocycles. The maximum Gasteiger partial charge on any atom is 0.192 e. The first-order valence-electron chi connectivity index (χ1n) is 12.4. The van der Waals surface area contributed by atoms with E-state index in [-0.39, 0.29) is 5.04 Å². The first kappa shape index (κ1) is 27.6. The van der Waals surface area contributed by atoms with Crippen molar-refractivity contribution < 1.29 is 8.85 Å². The normalized spacial score (nSPS) is 14.1. The zero-order chi connectivity index (χ0) is 22.7. The molecule has 0 N–H and O–H groups in total. The van der Waals surface area contributed by atoms with Gasteiger partial charge in [-0.25, -0.2) is 0 Å². The van der Waals surface area contributed by atoms with Crippen LogP contribution in [0, 0.1) is 0 Å². The summed E-state index contributed by atoms with van der Waals surface area (Å²) in [4.78, 5) is 0. The van der Waals surface area contributed by atoms with Crippen molar-refractivity contribution in [2.24, 2.45) is 0 Å². The summed E-state index contributed by atoms with van der Waals surface area (Å²) in [5, 5.41) is 0.287. The van der Waals surface area contributed by atoms with E-state index in [0.717, 1.165) is 19.4 Å². The molecule has 1 rings (SSSR count). The van der Waals surface area contributed by atoms with Crippen LogP contribution < -0.4 is 0 Å². The van der Waals surface area contributed by atoms with Gasteiger partial charge in [-0.1, -0.05) is 78.3 Å². The van der Waals surface area contributed by atoms with Crippen LogP contribution in [0.3, 0.4) is 0 Å². The molecule has 1 atom stereocenters. The minimum absolute atomic E-state index is 0.287. The van der Waals surface area contributed by atoms with Gasteiger partial charge in [-0.15, -0.1) is 0 Å². The molecule has 0 heterocycles. The van der Waals surface area contributed by atoms with Crippen molar-refractivity contribution in [1.82, 2.24) is 0 Å². The Balaban J connectivity index is 2.57. The molecule has 1 unspecified atom stereocenters. The molecule has 4 heteroatoms. The van der Waals surface area contributed by atoms with Crippen LogP contribution in [0.4, 0.5) is 0 Å². The molecule has 174 valence electrons.